The number of benzene rings is 2. The van der Waals surface area contributed by atoms with Gasteiger partial charge in [0.2, 0.25) is 0 Å². The molecule has 29 heavy (non-hydrogen) atoms. The van der Waals surface area contributed by atoms with E-state index in [1.807, 2.05) is 62.4 Å². The number of hydrogen-bond donors (Lipinski definition) is 1. The van der Waals surface area contributed by atoms with Crippen LogP contribution in [0.1, 0.15) is 25.0 Å². The Bertz CT molecular complexity index is 913. The Hall–Kier alpha value is -3.46. The van der Waals surface area contributed by atoms with E-state index in [1.165, 1.54) is 0 Å². The van der Waals surface area contributed by atoms with Crippen molar-refractivity contribution in [3.8, 4) is 23.3 Å². The van der Waals surface area contributed by atoms with Gasteiger partial charge in [0.1, 0.15) is 17.4 Å². The van der Waals surface area contributed by atoms with Crippen LogP contribution < -0.4 is 19.5 Å². The molecule has 0 atom stereocenters. The highest BCUT2D eigenvalue weighted by Gasteiger charge is 2.11. The second-order valence-corrected chi connectivity index (χ2v) is 6.57. The number of nitriles is 1. The van der Waals surface area contributed by atoms with Crippen molar-refractivity contribution in [1.82, 2.24) is 5.32 Å². The number of carbonyl (C=O) groups excluding carboxylic acids is 1. The molecule has 2 rings (SSSR count). The number of methoxy groups -OCH3 is 2. The SMILES string of the molecule is COc1ccc(CCNC(=O)/C(C#N)=C/c2ccccc2OC(C)C)cc1OC. The zero-order chi connectivity index (χ0) is 21.2. The summed E-state index contributed by atoms with van der Waals surface area (Å²) in [7, 11) is 3.16. The Morgan fingerprint density at radius 3 is 2.48 bits per heavy atom. The lowest BCUT2D eigenvalue weighted by atomic mass is 10.1. The lowest BCUT2D eigenvalue weighted by molar-refractivity contribution is -0.117. The molecule has 0 unspecified atom stereocenters. The molecule has 0 heterocycles. The fraction of sp³-hybridized carbons (Fsp3) is 0.304. The molecule has 6 heteroatoms. The monoisotopic (exact) mass is 394 g/mol. The molecule has 0 saturated carbocycles. The Kier molecular flexibility index (Phi) is 8.11. The van der Waals surface area contributed by atoms with Crippen LogP contribution in [-0.2, 0) is 11.2 Å². The van der Waals surface area contributed by atoms with E-state index in [0.717, 1.165) is 5.56 Å². The van der Waals surface area contributed by atoms with E-state index in [4.69, 9.17) is 14.2 Å². The summed E-state index contributed by atoms with van der Waals surface area (Å²) in [5.74, 6) is 1.49. The summed E-state index contributed by atoms with van der Waals surface area (Å²) in [5.41, 5.74) is 1.70. The second kappa shape index (κ2) is 10.8. The maximum atomic E-state index is 12.4. The quantitative estimate of drug-likeness (QED) is 0.517. The minimum Gasteiger partial charge on any atom is -0.493 e. The van der Waals surface area contributed by atoms with Gasteiger partial charge in [-0.25, -0.2) is 0 Å². The fourth-order valence-corrected chi connectivity index (χ4v) is 2.72. The predicted molar refractivity (Wildman–Crippen MR) is 112 cm³/mol. The topological polar surface area (TPSA) is 80.6 Å². The van der Waals surface area contributed by atoms with Crippen LogP contribution in [0.25, 0.3) is 6.08 Å². The van der Waals surface area contributed by atoms with E-state index < -0.39 is 5.91 Å². The summed E-state index contributed by atoms with van der Waals surface area (Å²) in [6.45, 7) is 4.23. The summed E-state index contributed by atoms with van der Waals surface area (Å²) >= 11 is 0. The number of para-hydroxylation sites is 1. The Balaban J connectivity index is 2.04. The molecule has 0 fully saturated rings. The van der Waals surface area contributed by atoms with Crippen LogP contribution in [-0.4, -0.2) is 32.8 Å². The normalized spacial score (nSPS) is 11.0. The van der Waals surface area contributed by atoms with E-state index >= 15 is 0 Å². The van der Waals surface area contributed by atoms with Gasteiger partial charge in [-0.15, -0.1) is 0 Å². The number of ether oxygens (including phenoxy) is 3. The van der Waals surface area contributed by atoms with Crippen LogP contribution in [0.2, 0.25) is 0 Å². The molecule has 0 saturated heterocycles. The number of nitrogens with zero attached hydrogens (tertiary/aromatic N) is 1. The zero-order valence-corrected chi connectivity index (χ0v) is 17.2. The van der Waals surface area contributed by atoms with Gasteiger partial charge in [0, 0.05) is 12.1 Å². The number of rotatable bonds is 9. The van der Waals surface area contributed by atoms with Gasteiger partial charge >= 0.3 is 0 Å². The third-order valence-corrected chi connectivity index (χ3v) is 4.09. The van der Waals surface area contributed by atoms with E-state index in [9.17, 15) is 10.1 Å². The van der Waals surface area contributed by atoms with Gasteiger partial charge < -0.3 is 19.5 Å². The first-order valence-corrected chi connectivity index (χ1v) is 9.35. The Labute approximate surface area is 171 Å². The van der Waals surface area contributed by atoms with Crippen molar-refractivity contribution >= 4 is 12.0 Å². The van der Waals surface area contributed by atoms with Gasteiger partial charge in [0.05, 0.1) is 20.3 Å². The summed E-state index contributed by atoms with van der Waals surface area (Å²) in [6, 6.07) is 14.9. The predicted octanol–water partition coefficient (Wildman–Crippen LogP) is 3.76. The van der Waals surface area contributed by atoms with Gasteiger partial charge in [0.25, 0.3) is 5.91 Å². The average Bonchev–Trinajstić information content (AvgIpc) is 2.72. The molecule has 1 amide bonds. The van der Waals surface area contributed by atoms with Crippen LogP contribution in [0.4, 0.5) is 0 Å². The lowest BCUT2D eigenvalue weighted by Crippen LogP contribution is -2.26. The third kappa shape index (κ3) is 6.28. The molecule has 152 valence electrons. The smallest absolute Gasteiger partial charge is 0.261 e. The first-order chi connectivity index (χ1) is 14.0. The van der Waals surface area contributed by atoms with Crippen LogP contribution in [0.3, 0.4) is 0 Å². The second-order valence-electron chi connectivity index (χ2n) is 6.57. The van der Waals surface area contributed by atoms with Crippen LogP contribution in [0, 0.1) is 11.3 Å². The number of hydrogen-bond acceptors (Lipinski definition) is 5. The molecule has 2 aromatic carbocycles. The largest absolute Gasteiger partial charge is 0.493 e. The first kappa shape index (κ1) is 21.8. The minimum absolute atomic E-state index is 0.00889. The maximum Gasteiger partial charge on any atom is 0.261 e. The summed E-state index contributed by atoms with van der Waals surface area (Å²) in [5, 5.41) is 12.2. The van der Waals surface area contributed by atoms with Gasteiger partial charge in [-0.05, 0) is 50.1 Å². The molecule has 0 bridgehead atoms. The van der Waals surface area contributed by atoms with E-state index in [1.54, 1.807) is 20.3 Å². The Morgan fingerprint density at radius 2 is 1.83 bits per heavy atom. The van der Waals surface area contributed by atoms with Crippen molar-refractivity contribution in [2.75, 3.05) is 20.8 Å². The van der Waals surface area contributed by atoms with Crippen LogP contribution in [0.15, 0.2) is 48.0 Å². The van der Waals surface area contributed by atoms with E-state index in [-0.39, 0.29) is 11.7 Å². The third-order valence-electron chi connectivity index (χ3n) is 4.09. The van der Waals surface area contributed by atoms with Crippen molar-refractivity contribution in [2.24, 2.45) is 0 Å². The molecule has 0 spiro atoms. The lowest BCUT2D eigenvalue weighted by Gasteiger charge is -2.12. The molecule has 0 aromatic heterocycles. The highest BCUT2D eigenvalue weighted by atomic mass is 16.5. The standard InChI is InChI=1S/C23H26N2O4/c1-16(2)29-20-8-6-5-7-18(20)14-19(15-24)23(26)25-12-11-17-9-10-21(27-3)22(13-17)28-4/h5-10,13-14,16H,11-12H2,1-4H3,(H,25,26)/b19-14+. The molecule has 0 aliphatic heterocycles. The van der Waals surface area contributed by atoms with E-state index in [0.29, 0.717) is 35.8 Å². The highest BCUT2D eigenvalue weighted by molar-refractivity contribution is 6.01. The average molecular weight is 394 g/mol. The molecule has 0 aliphatic carbocycles. The van der Waals surface area contributed by atoms with Gasteiger partial charge in [-0.1, -0.05) is 24.3 Å². The van der Waals surface area contributed by atoms with Crippen molar-refractivity contribution in [1.29, 1.82) is 5.26 Å². The van der Waals surface area contributed by atoms with Gasteiger partial charge in [0.15, 0.2) is 11.5 Å². The molecular weight excluding hydrogens is 368 g/mol. The molecule has 1 N–H and O–H groups in total. The summed E-state index contributed by atoms with van der Waals surface area (Å²) in [4.78, 5) is 12.4. The van der Waals surface area contributed by atoms with Crippen LogP contribution >= 0.6 is 0 Å². The Morgan fingerprint density at radius 1 is 1.10 bits per heavy atom. The summed E-state index contributed by atoms with van der Waals surface area (Å²) in [6.07, 6.45) is 2.13. The molecule has 6 nitrogen and oxygen atoms in total. The van der Waals surface area contributed by atoms with Gasteiger partial charge in [-0.3, -0.25) is 4.79 Å². The fourth-order valence-electron chi connectivity index (χ4n) is 2.72. The minimum atomic E-state index is -0.424. The van der Waals surface area contributed by atoms with E-state index in [2.05, 4.69) is 5.32 Å². The number of amides is 1. The zero-order valence-electron chi connectivity index (χ0n) is 17.2. The van der Waals surface area contributed by atoms with Gasteiger partial charge in [-0.2, -0.15) is 5.26 Å². The van der Waals surface area contributed by atoms with Crippen molar-refractivity contribution < 1.29 is 19.0 Å². The number of nitrogens with one attached hydrogen (secondary N) is 1. The molecule has 0 aliphatic rings. The number of carbonyl (C=O) groups is 1. The van der Waals surface area contributed by atoms with Crippen molar-refractivity contribution in [3.05, 3.63) is 59.2 Å². The van der Waals surface area contributed by atoms with Crippen LogP contribution in [0.5, 0.6) is 17.2 Å². The molecular formula is C23H26N2O4. The molecule has 0 radical (unpaired) electrons. The maximum absolute atomic E-state index is 12.4. The summed E-state index contributed by atoms with van der Waals surface area (Å²) < 4.78 is 16.3. The van der Waals surface area contributed by atoms with Crippen molar-refractivity contribution in [2.45, 2.75) is 26.4 Å². The van der Waals surface area contributed by atoms with Crippen molar-refractivity contribution in [3.63, 3.8) is 0 Å². The highest BCUT2D eigenvalue weighted by Crippen LogP contribution is 2.27. The first-order valence-electron chi connectivity index (χ1n) is 9.35. The molecule has 2 aromatic rings.